The van der Waals surface area contributed by atoms with Gasteiger partial charge in [0.2, 0.25) is 0 Å². The highest BCUT2D eigenvalue weighted by Gasteiger charge is 2.21. The summed E-state index contributed by atoms with van der Waals surface area (Å²) in [5.41, 5.74) is 1.64. The van der Waals surface area contributed by atoms with Crippen LogP contribution in [0.15, 0.2) is 24.3 Å². The van der Waals surface area contributed by atoms with Crippen LogP contribution in [-0.4, -0.2) is 25.5 Å². The van der Waals surface area contributed by atoms with Crippen molar-refractivity contribution < 1.29 is 14.3 Å². The molecule has 1 rings (SSSR count). The molecule has 1 amide bonds. The Morgan fingerprint density at radius 1 is 1.31 bits per heavy atom. The molecule has 86 valence electrons. The second-order valence-corrected chi connectivity index (χ2v) is 3.37. The fourth-order valence-corrected chi connectivity index (χ4v) is 1.38. The number of esters is 1. The second kappa shape index (κ2) is 5.30. The Hall–Kier alpha value is -1.84. The van der Waals surface area contributed by atoms with Gasteiger partial charge in [0.1, 0.15) is 0 Å². The molecule has 1 aromatic carbocycles. The summed E-state index contributed by atoms with van der Waals surface area (Å²) in [6.07, 6.45) is 0. The van der Waals surface area contributed by atoms with E-state index in [0.29, 0.717) is 5.69 Å². The minimum Gasteiger partial charge on any atom is -0.459 e. The van der Waals surface area contributed by atoms with E-state index in [1.165, 1.54) is 4.90 Å². The van der Waals surface area contributed by atoms with Crippen molar-refractivity contribution in [2.24, 2.45) is 0 Å². The summed E-state index contributed by atoms with van der Waals surface area (Å²) in [7, 11) is 1.56. The van der Waals surface area contributed by atoms with E-state index < -0.39 is 11.9 Å². The van der Waals surface area contributed by atoms with E-state index in [9.17, 15) is 9.59 Å². The molecule has 0 aliphatic carbocycles. The van der Waals surface area contributed by atoms with Crippen LogP contribution in [0.4, 0.5) is 5.69 Å². The topological polar surface area (TPSA) is 46.6 Å². The third kappa shape index (κ3) is 2.59. The first-order valence-electron chi connectivity index (χ1n) is 5.08. The highest BCUT2D eigenvalue weighted by molar-refractivity contribution is 6.38. The summed E-state index contributed by atoms with van der Waals surface area (Å²) < 4.78 is 4.66. The molecule has 0 radical (unpaired) electrons. The number of hydrogen-bond acceptors (Lipinski definition) is 3. The molecule has 0 fully saturated rings. The minimum absolute atomic E-state index is 0.201. The maximum Gasteiger partial charge on any atom is 0.397 e. The van der Waals surface area contributed by atoms with Crippen molar-refractivity contribution in [2.75, 3.05) is 18.6 Å². The fraction of sp³-hybridized carbons (Fsp3) is 0.333. The molecule has 1 aromatic rings. The van der Waals surface area contributed by atoms with Crippen LogP contribution in [0.1, 0.15) is 12.5 Å². The number of hydrogen-bond donors (Lipinski definition) is 0. The predicted molar refractivity (Wildman–Crippen MR) is 61.2 cm³/mol. The summed E-state index contributed by atoms with van der Waals surface area (Å²) in [5.74, 6) is -1.48. The third-order valence-electron chi connectivity index (χ3n) is 2.23. The standard InChI is InChI=1S/C12H15NO3/c1-4-16-12(15)11(14)13(3)10-8-6-5-7-9(10)2/h5-8H,4H2,1-3H3. The number of benzene rings is 1. The first kappa shape index (κ1) is 12.2. The molecule has 0 unspecified atom stereocenters. The van der Waals surface area contributed by atoms with Gasteiger partial charge in [-0.25, -0.2) is 4.79 Å². The number of ether oxygens (including phenoxy) is 1. The van der Waals surface area contributed by atoms with Crippen molar-refractivity contribution in [1.29, 1.82) is 0 Å². The molecular formula is C12H15NO3. The summed E-state index contributed by atoms with van der Waals surface area (Å²) in [6, 6.07) is 7.36. The molecule has 0 bridgehead atoms. The maximum absolute atomic E-state index is 11.6. The Kier molecular flexibility index (Phi) is 4.05. The van der Waals surface area contributed by atoms with Gasteiger partial charge in [-0.3, -0.25) is 4.79 Å². The molecule has 0 aliphatic rings. The molecule has 0 spiro atoms. The van der Waals surface area contributed by atoms with Crippen molar-refractivity contribution >= 4 is 17.6 Å². The number of carbonyl (C=O) groups is 2. The molecule has 16 heavy (non-hydrogen) atoms. The van der Waals surface area contributed by atoms with E-state index in [1.807, 2.05) is 25.1 Å². The molecule has 0 aliphatic heterocycles. The SMILES string of the molecule is CCOC(=O)C(=O)N(C)c1ccccc1C. The molecule has 0 saturated heterocycles. The zero-order valence-electron chi connectivity index (χ0n) is 9.69. The second-order valence-electron chi connectivity index (χ2n) is 3.37. The summed E-state index contributed by atoms with van der Waals surface area (Å²) in [6.45, 7) is 3.75. The highest BCUT2D eigenvalue weighted by Crippen LogP contribution is 2.17. The highest BCUT2D eigenvalue weighted by atomic mass is 16.5. The van der Waals surface area contributed by atoms with Crippen LogP contribution < -0.4 is 4.90 Å². The minimum atomic E-state index is -0.826. The number of anilines is 1. The molecule has 0 saturated carbocycles. The Bertz CT molecular complexity index is 401. The van der Waals surface area contributed by atoms with E-state index in [0.717, 1.165) is 5.56 Å². The summed E-state index contributed by atoms with van der Waals surface area (Å²) >= 11 is 0. The first-order valence-corrected chi connectivity index (χ1v) is 5.08. The molecular weight excluding hydrogens is 206 g/mol. The lowest BCUT2D eigenvalue weighted by atomic mass is 10.2. The Morgan fingerprint density at radius 3 is 2.50 bits per heavy atom. The van der Waals surface area contributed by atoms with Crippen LogP contribution in [0.25, 0.3) is 0 Å². The van der Waals surface area contributed by atoms with Crippen LogP contribution in [0.5, 0.6) is 0 Å². The first-order chi connectivity index (χ1) is 7.57. The maximum atomic E-state index is 11.6. The van der Waals surface area contributed by atoms with Gasteiger partial charge in [0.15, 0.2) is 0 Å². The number of nitrogens with zero attached hydrogens (tertiary/aromatic N) is 1. The number of carbonyl (C=O) groups excluding carboxylic acids is 2. The Morgan fingerprint density at radius 2 is 1.94 bits per heavy atom. The average molecular weight is 221 g/mol. The van der Waals surface area contributed by atoms with Crippen LogP contribution in [0.2, 0.25) is 0 Å². The molecule has 0 heterocycles. The zero-order chi connectivity index (χ0) is 12.1. The molecule has 4 nitrogen and oxygen atoms in total. The normalized spacial score (nSPS) is 9.69. The number of aryl methyl sites for hydroxylation is 1. The van der Waals surface area contributed by atoms with Gasteiger partial charge in [-0.15, -0.1) is 0 Å². The third-order valence-corrected chi connectivity index (χ3v) is 2.23. The van der Waals surface area contributed by atoms with Gasteiger partial charge in [0.25, 0.3) is 0 Å². The van der Waals surface area contributed by atoms with Crippen LogP contribution in [0.3, 0.4) is 0 Å². The number of likely N-dealkylation sites (N-methyl/N-ethyl adjacent to an activating group) is 1. The van der Waals surface area contributed by atoms with Gasteiger partial charge in [0, 0.05) is 12.7 Å². The van der Waals surface area contributed by atoms with Crippen molar-refractivity contribution in [3.8, 4) is 0 Å². The van der Waals surface area contributed by atoms with E-state index >= 15 is 0 Å². The Balaban J connectivity index is 2.86. The number of amides is 1. The largest absolute Gasteiger partial charge is 0.459 e. The smallest absolute Gasteiger partial charge is 0.397 e. The van der Waals surface area contributed by atoms with Gasteiger partial charge in [-0.1, -0.05) is 18.2 Å². The predicted octanol–water partition coefficient (Wildman–Crippen LogP) is 1.52. The summed E-state index contributed by atoms with van der Waals surface area (Å²) in [5, 5.41) is 0. The van der Waals surface area contributed by atoms with E-state index in [1.54, 1.807) is 20.0 Å². The van der Waals surface area contributed by atoms with Crippen LogP contribution in [-0.2, 0) is 14.3 Å². The van der Waals surface area contributed by atoms with E-state index in [4.69, 9.17) is 0 Å². The van der Waals surface area contributed by atoms with Gasteiger partial charge in [-0.2, -0.15) is 0 Å². The molecule has 4 heteroatoms. The Labute approximate surface area is 94.8 Å². The lowest BCUT2D eigenvalue weighted by Crippen LogP contribution is -2.34. The van der Waals surface area contributed by atoms with Crippen molar-refractivity contribution in [2.45, 2.75) is 13.8 Å². The van der Waals surface area contributed by atoms with Crippen LogP contribution in [0, 0.1) is 6.92 Å². The van der Waals surface area contributed by atoms with E-state index in [2.05, 4.69) is 4.74 Å². The number of rotatable bonds is 2. The average Bonchev–Trinajstić information content (AvgIpc) is 2.28. The molecule has 0 atom stereocenters. The van der Waals surface area contributed by atoms with Crippen molar-refractivity contribution in [3.05, 3.63) is 29.8 Å². The molecule has 0 N–H and O–H groups in total. The van der Waals surface area contributed by atoms with Crippen molar-refractivity contribution in [3.63, 3.8) is 0 Å². The zero-order valence-corrected chi connectivity index (χ0v) is 9.69. The number of para-hydroxylation sites is 1. The molecule has 0 aromatic heterocycles. The lowest BCUT2D eigenvalue weighted by Gasteiger charge is -2.18. The van der Waals surface area contributed by atoms with Crippen molar-refractivity contribution in [1.82, 2.24) is 0 Å². The fourth-order valence-electron chi connectivity index (χ4n) is 1.38. The summed E-state index contributed by atoms with van der Waals surface area (Å²) in [4.78, 5) is 24.2. The van der Waals surface area contributed by atoms with E-state index in [-0.39, 0.29) is 6.61 Å². The van der Waals surface area contributed by atoms with Gasteiger partial charge in [-0.05, 0) is 25.5 Å². The monoisotopic (exact) mass is 221 g/mol. The van der Waals surface area contributed by atoms with Gasteiger partial charge in [0.05, 0.1) is 6.61 Å². The van der Waals surface area contributed by atoms with Gasteiger partial charge >= 0.3 is 11.9 Å². The van der Waals surface area contributed by atoms with Gasteiger partial charge < -0.3 is 9.64 Å². The quantitative estimate of drug-likeness (QED) is 0.562. The van der Waals surface area contributed by atoms with Crippen LogP contribution >= 0.6 is 0 Å². The lowest BCUT2D eigenvalue weighted by molar-refractivity contribution is -0.153.